The SMILES string of the molecule is N#CCCCOC(=O)/C=C/c1cn(Cc2ccccc2)nc1-c1cccs1. The van der Waals surface area contributed by atoms with Crippen molar-refractivity contribution in [3.05, 3.63) is 71.2 Å². The Hall–Kier alpha value is -3.17. The van der Waals surface area contributed by atoms with E-state index in [0.717, 1.165) is 21.7 Å². The first-order valence-corrected chi connectivity index (χ1v) is 9.51. The zero-order chi connectivity index (χ0) is 18.9. The molecule has 0 fully saturated rings. The van der Waals surface area contributed by atoms with Gasteiger partial charge in [-0.05, 0) is 29.5 Å². The van der Waals surface area contributed by atoms with Crippen molar-refractivity contribution < 1.29 is 9.53 Å². The van der Waals surface area contributed by atoms with Crippen molar-refractivity contribution in [3.63, 3.8) is 0 Å². The van der Waals surface area contributed by atoms with Gasteiger partial charge in [0.15, 0.2) is 0 Å². The van der Waals surface area contributed by atoms with E-state index in [9.17, 15) is 4.79 Å². The number of nitrogens with zero attached hydrogens (tertiary/aromatic N) is 3. The van der Waals surface area contributed by atoms with Crippen LogP contribution in [0.1, 0.15) is 24.0 Å². The highest BCUT2D eigenvalue weighted by atomic mass is 32.1. The first kappa shape index (κ1) is 18.6. The highest BCUT2D eigenvalue weighted by Crippen LogP contribution is 2.27. The van der Waals surface area contributed by atoms with E-state index < -0.39 is 5.97 Å². The number of aromatic nitrogens is 2. The first-order chi connectivity index (χ1) is 13.3. The van der Waals surface area contributed by atoms with Crippen molar-refractivity contribution in [2.75, 3.05) is 6.61 Å². The summed E-state index contributed by atoms with van der Waals surface area (Å²) in [6.07, 6.45) is 6.00. The minimum atomic E-state index is -0.416. The maximum absolute atomic E-state index is 11.9. The average Bonchev–Trinajstić information content (AvgIpc) is 3.34. The Balaban J connectivity index is 1.75. The molecule has 0 radical (unpaired) electrons. The van der Waals surface area contributed by atoms with Gasteiger partial charge in [0.1, 0.15) is 5.69 Å². The van der Waals surface area contributed by atoms with Crippen LogP contribution in [0.4, 0.5) is 0 Å². The van der Waals surface area contributed by atoms with Crippen LogP contribution >= 0.6 is 11.3 Å². The molecule has 0 aliphatic carbocycles. The van der Waals surface area contributed by atoms with E-state index in [1.807, 2.05) is 52.7 Å². The third-order valence-electron chi connectivity index (χ3n) is 3.81. The molecule has 0 saturated heterocycles. The Morgan fingerprint density at radius 1 is 1.26 bits per heavy atom. The number of hydrogen-bond acceptors (Lipinski definition) is 5. The van der Waals surface area contributed by atoms with Gasteiger partial charge >= 0.3 is 5.97 Å². The minimum Gasteiger partial charge on any atom is -0.462 e. The Morgan fingerprint density at radius 2 is 2.11 bits per heavy atom. The molecule has 3 rings (SSSR count). The van der Waals surface area contributed by atoms with Crippen LogP contribution in [-0.2, 0) is 16.1 Å². The van der Waals surface area contributed by atoms with E-state index in [0.29, 0.717) is 19.4 Å². The lowest BCUT2D eigenvalue weighted by molar-refractivity contribution is -0.137. The molecule has 0 spiro atoms. The number of esters is 1. The van der Waals surface area contributed by atoms with Crippen molar-refractivity contribution >= 4 is 23.4 Å². The Kier molecular flexibility index (Phi) is 6.55. The average molecular weight is 377 g/mol. The highest BCUT2D eigenvalue weighted by Gasteiger charge is 2.11. The maximum atomic E-state index is 11.9. The number of rotatable bonds is 8. The molecule has 6 heteroatoms. The first-order valence-electron chi connectivity index (χ1n) is 8.63. The quantitative estimate of drug-likeness (QED) is 0.329. The number of hydrogen-bond donors (Lipinski definition) is 0. The van der Waals surface area contributed by atoms with Crippen LogP contribution in [0.5, 0.6) is 0 Å². The summed E-state index contributed by atoms with van der Waals surface area (Å²) in [5.41, 5.74) is 2.86. The molecule has 0 saturated carbocycles. The van der Waals surface area contributed by atoms with Crippen molar-refractivity contribution in [1.82, 2.24) is 9.78 Å². The number of unbranched alkanes of at least 4 members (excludes halogenated alkanes) is 1. The summed E-state index contributed by atoms with van der Waals surface area (Å²) in [5.74, 6) is -0.416. The lowest BCUT2D eigenvalue weighted by Gasteiger charge is -2.00. The maximum Gasteiger partial charge on any atom is 0.330 e. The summed E-state index contributed by atoms with van der Waals surface area (Å²) in [7, 11) is 0. The number of benzene rings is 1. The molecule has 2 aromatic heterocycles. The standard InChI is InChI=1S/C21H19N3O2S/c22-12-4-5-13-26-20(25)11-10-18-16-24(15-17-7-2-1-3-8-17)23-21(18)19-9-6-14-27-19/h1-3,6-11,14,16H,4-5,13,15H2/b11-10+. The van der Waals surface area contributed by atoms with Crippen LogP contribution in [0.3, 0.4) is 0 Å². The second-order valence-corrected chi connectivity index (χ2v) is 6.80. The normalized spacial score (nSPS) is 10.8. The molecule has 0 aliphatic rings. The fourth-order valence-electron chi connectivity index (χ4n) is 2.54. The number of ether oxygens (including phenoxy) is 1. The van der Waals surface area contributed by atoms with Gasteiger partial charge in [-0.3, -0.25) is 4.68 Å². The molecule has 0 atom stereocenters. The molecule has 0 amide bonds. The van der Waals surface area contributed by atoms with Gasteiger partial charge in [-0.25, -0.2) is 4.79 Å². The predicted octanol–water partition coefficient (Wildman–Crippen LogP) is 4.52. The summed E-state index contributed by atoms with van der Waals surface area (Å²) in [6, 6.07) is 16.1. The summed E-state index contributed by atoms with van der Waals surface area (Å²) < 4.78 is 6.97. The number of carbonyl (C=O) groups excluding carboxylic acids is 1. The van der Waals surface area contributed by atoms with Gasteiger partial charge in [0.05, 0.1) is 24.1 Å². The van der Waals surface area contributed by atoms with Crippen LogP contribution in [0.25, 0.3) is 16.6 Å². The molecule has 2 heterocycles. The van der Waals surface area contributed by atoms with Crippen LogP contribution < -0.4 is 0 Å². The predicted molar refractivity (Wildman–Crippen MR) is 106 cm³/mol. The van der Waals surface area contributed by atoms with Crippen LogP contribution in [0.15, 0.2) is 60.1 Å². The van der Waals surface area contributed by atoms with E-state index in [2.05, 4.69) is 12.1 Å². The van der Waals surface area contributed by atoms with Gasteiger partial charge in [-0.2, -0.15) is 10.4 Å². The summed E-state index contributed by atoms with van der Waals surface area (Å²) >= 11 is 1.61. The second-order valence-electron chi connectivity index (χ2n) is 5.86. The second kappa shape index (κ2) is 9.51. The molecule has 136 valence electrons. The fourth-order valence-corrected chi connectivity index (χ4v) is 3.28. The third-order valence-corrected chi connectivity index (χ3v) is 4.68. The van der Waals surface area contributed by atoms with Crippen molar-refractivity contribution in [2.45, 2.75) is 19.4 Å². The summed E-state index contributed by atoms with van der Waals surface area (Å²) in [6.45, 7) is 0.910. The highest BCUT2D eigenvalue weighted by molar-refractivity contribution is 7.13. The fraction of sp³-hybridized carbons (Fsp3) is 0.190. The smallest absolute Gasteiger partial charge is 0.330 e. The van der Waals surface area contributed by atoms with Crippen molar-refractivity contribution in [3.8, 4) is 16.6 Å². The van der Waals surface area contributed by atoms with E-state index in [4.69, 9.17) is 15.1 Å². The van der Waals surface area contributed by atoms with E-state index >= 15 is 0 Å². The van der Waals surface area contributed by atoms with Crippen LogP contribution in [0, 0.1) is 11.3 Å². The lowest BCUT2D eigenvalue weighted by atomic mass is 10.2. The third kappa shape index (κ3) is 5.40. The number of nitriles is 1. The van der Waals surface area contributed by atoms with Gasteiger partial charge in [0.2, 0.25) is 0 Å². The van der Waals surface area contributed by atoms with E-state index in [1.165, 1.54) is 6.08 Å². The monoisotopic (exact) mass is 377 g/mol. The van der Waals surface area contributed by atoms with Crippen molar-refractivity contribution in [1.29, 1.82) is 5.26 Å². The molecular formula is C21H19N3O2S. The van der Waals surface area contributed by atoms with E-state index in [1.54, 1.807) is 17.4 Å². The Bertz CT molecular complexity index is 938. The number of thiophene rings is 1. The molecule has 0 unspecified atom stereocenters. The topological polar surface area (TPSA) is 67.9 Å². The van der Waals surface area contributed by atoms with Gasteiger partial charge < -0.3 is 4.74 Å². The van der Waals surface area contributed by atoms with Crippen molar-refractivity contribution in [2.24, 2.45) is 0 Å². The van der Waals surface area contributed by atoms with Gasteiger partial charge in [-0.15, -0.1) is 11.3 Å². The van der Waals surface area contributed by atoms with Gasteiger partial charge in [0, 0.05) is 24.3 Å². The molecular weight excluding hydrogens is 358 g/mol. The Labute approximate surface area is 162 Å². The largest absolute Gasteiger partial charge is 0.462 e. The van der Waals surface area contributed by atoms with Crippen LogP contribution in [-0.4, -0.2) is 22.4 Å². The van der Waals surface area contributed by atoms with E-state index in [-0.39, 0.29) is 6.61 Å². The zero-order valence-corrected chi connectivity index (χ0v) is 15.6. The molecule has 0 aliphatic heterocycles. The number of carbonyl (C=O) groups is 1. The molecule has 5 nitrogen and oxygen atoms in total. The minimum absolute atomic E-state index is 0.252. The lowest BCUT2D eigenvalue weighted by Crippen LogP contribution is -2.01. The molecule has 27 heavy (non-hydrogen) atoms. The molecule has 0 N–H and O–H groups in total. The zero-order valence-electron chi connectivity index (χ0n) is 14.7. The Morgan fingerprint density at radius 3 is 2.85 bits per heavy atom. The molecule has 1 aromatic carbocycles. The summed E-state index contributed by atoms with van der Waals surface area (Å²) in [4.78, 5) is 12.9. The molecule has 0 bridgehead atoms. The molecule has 3 aromatic rings. The van der Waals surface area contributed by atoms with Gasteiger partial charge in [-0.1, -0.05) is 36.4 Å². The summed E-state index contributed by atoms with van der Waals surface area (Å²) in [5, 5.41) is 15.2. The van der Waals surface area contributed by atoms with Crippen LogP contribution in [0.2, 0.25) is 0 Å². The van der Waals surface area contributed by atoms with Gasteiger partial charge in [0.25, 0.3) is 0 Å².